The standard InChI is InChI=1S/2C8H9.C8H8.2Mn/c3*1-7-3-5-8(2)6-4-7;;/h2*3-6H,1H2,2H3;3-6H,1-2H2;;/q2*-1;-2;2*+2. The van der Waals surface area contributed by atoms with Gasteiger partial charge in [-0.2, -0.15) is 49.2 Å². The predicted octanol–water partition coefficient (Wildman–Crippen LogP) is 6.40. The number of benzene rings is 3. The first-order valence-corrected chi connectivity index (χ1v) is 7.88. The Morgan fingerprint density at radius 3 is 0.692 bits per heavy atom. The first kappa shape index (κ1) is 26.4. The van der Waals surface area contributed by atoms with Crippen molar-refractivity contribution in [1.29, 1.82) is 0 Å². The van der Waals surface area contributed by atoms with Crippen molar-refractivity contribution in [2.75, 3.05) is 0 Å². The first-order chi connectivity index (χ1) is 11.4. The first-order valence-electron chi connectivity index (χ1n) is 7.88. The molecule has 0 aliphatic rings. The molecule has 0 fully saturated rings. The normalized spacial score (nSPS) is 8.38. The Bertz CT molecular complexity index is 530. The predicted molar refractivity (Wildman–Crippen MR) is 107 cm³/mol. The molecule has 0 aliphatic heterocycles. The summed E-state index contributed by atoms with van der Waals surface area (Å²) < 4.78 is 0. The quantitative estimate of drug-likeness (QED) is 0.289. The molecule has 2 heteroatoms. The maximum Gasteiger partial charge on any atom is 2.00 e. The summed E-state index contributed by atoms with van der Waals surface area (Å²) in [6.07, 6.45) is 0. The van der Waals surface area contributed by atoms with Crippen LogP contribution in [0.2, 0.25) is 0 Å². The maximum atomic E-state index is 3.76. The zero-order valence-corrected chi connectivity index (χ0v) is 17.9. The number of rotatable bonds is 0. The molecule has 0 heterocycles. The molecule has 26 heavy (non-hydrogen) atoms. The van der Waals surface area contributed by atoms with Crippen molar-refractivity contribution < 1.29 is 34.1 Å². The fourth-order valence-corrected chi connectivity index (χ4v) is 1.72. The van der Waals surface area contributed by atoms with E-state index in [0.717, 1.165) is 22.3 Å². The van der Waals surface area contributed by atoms with Gasteiger partial charge in [0, 0.05) is 0 Å². The van der Waals surface area contributed by atoms with Crippen LogP contribution >= 0.6 is 0 Å². The van der Waals surface area contributed by atoms with E-state index in [-0.39, 0.29) is 34.1 Å². The van der Waals surface area contributed by atoms with Gasteiger partial charge in [-0.1, -0.05) is 11.1 Å². The molecule has 136 valence electrons. The molecule has 0 aromatic heterocycles. The van der Waals surface area contributed by atoms with E-state index in [1.807, 2.05) is 48.5 Å². The van der Waals surface area contributed by atoms with E-state index >= 15 is 0 Å². The van der Waals surface area contributed by atoms with Crippen LogP contribution in [0.4, 0.5) is 0 Å². The van der Waals surface area contributed by atoms with Gasteiger partial charge in [0.2, 0.25) is 0 Å². The molecule has 0 spiro atoms. The SMILES string of the molecule is [CH2-]c1ccc(C)cc1.[CH2-]c1ccc(C)cc1.[CH2-]c1ccc([CH2-])cc1.[Mn+2].[Mn+2]. The summed E-state index contributed by atoms with van der Waals surface area (Å²) in [5.41, 5.74) is 6.82. The summed E-state index contributed by atoms with van der Waals surface area (Å²) in [7, 11) is 0. The molecular formula is C24H26Mn2. The van der Waals surface area contributed by atoms with Gasteiger partial charge in [0.05, 0.1) is 0 Å². The fourth-order valence-electron chi connectivity index (χ4n) is 1.72. The molecule has 3 aromatic rings. The van der Waals surface area contributed by atoms with Crippen molar-refractivity contribution in [3.63, 3.8) is 0 Å². The van der Waals surface area contributed by atoms with Crippen LogP contribution in [0.3, 0.4) is 0 Å². The number of hydrogen-bond acceptors (Lipinski definition) is 0. The van der Waals surface area contributed by atoms with Crippen LogP contribution in [0.1, 0.15) is 33.4 Å². The molecule has 0 aliphatic carbocycles. The van der Waals surface area contributed by atoms with Crippen LogP contribution < -0.4 is 0 Å². The van der Waals surface area contributed by atoms with Crippen LogP contribution in [-0.4, -0.2) is 0 Å². The Hall–Kier alpha value is -1.82. The minimum Gasteiger partial charge on any atom is -0.220 e. The van der Waals surface area contributed by atoms with E-state index in [0.29, 0.717) is 0 Å². The van der Waals surface area contributed by atoms with E-state index < -0.39 is 0 Å². The van der Waals surface area contributed by atoms with E-state index in [2.05, 4.69) is 65.8 Å². The molecule has 0 bridgehead atoms. The average Bonchev–Trinajstić information content (AvgIpc) is 2.57. The summed E-state index contributed by atoms with van der Waals surface area (Å²) >= 11 is 0. The Kier molecular flexibility index (Phi) is 14.6. The van der Waals surface area contributed by atoms with Crippen molar-refractivity contribution in [2.24, 2.45) is 0 Å². The molecule has 0 unspecified atom stereocenters. The van der Waals surface area contributed by atoms with Gasteiger partial charge in [-0.25, -0.2) is 49.2 Å². The third-order valence-corrected chi connectivity index (χ3v) is 3.26. The second-order valence-corrected chi connectivity index (χ2v) is 5.79. The van der Waals surface area contributed by atoms with Crippen molar-refractivity contribution in [3.05, 3.63) is 134 Å². The van der Waals surface area contributed by atoms with Gasteiger partial charge < -0.3 is 0 Å². The summed E-state index contributed by atoms with van der Waals surface area (Å²) in [5, 5.41) is 0. The smallest absolute Gasteiger partial charge is 0.220 e. The summed E-state index contributed by atoms with van der Waals surface area (Å²) in [6.45, 7) is 19.1. The monoisotopic (exact) mass is 424 g/mol. The van der Waals surface area contributed by atoms with Gasteiger partial charge in [0.15, 0.2) is 0 Å². The van der Waals surface area contributed by atoms with E-state index in [1.54, 1.807) is 0 Å². The Morgan fingerprint density at radius 2 is 0.538 bits per heavy atom. The van der Waals surface area contributed by atoms with Gasteiger partial charge in [-0.15, -0.1) is 24.3 Å². The molecule has 3 aromatic carbocycles. The second-order valence-electron chi connectivity index (χ2n) is 5.79. The van der Waals surface area contributed by atoms with Gasteiger partial charge in [0.1, 0.15) is 0 Å². The largest absolute Gasteiger partial charge is 2.00 e. The maximum absolute atomic E-state index is 3.76. The van der Waals surface area contributed by atoms with Crippen molar-refractivity contribution >= 4 is 0 Å². The van der Waals surface area contributed by atoms with Gasteiger partial charge in [-0.3, -0.25) is 0 Å². The molecule has 0 amide bonds. The summed E-state index contributed by atoms with van der Waals surface area (Å²) in [4.78, 5) is 0. The van der Waals surface area contributed by atoms with Gasteiger partial charge in [0.25, 0.3) is 0 Å². The molecule has 0 atom stereocenters. The summed E-state index contributed by atoms with van der Waals surface area (Å²) in [6, 6.07) is 24.1. The zero-order chi connectivity index (χ0) is 17.9. The Balaban J connectivity index is 0. The molecule has 2 radical (unpaired) electrons. The Labute approximate surface area is 181 Å². The van der Waals surface area contributed by atoms with Crippen molar-refractivity contribution in [2.45, 2.75) is 13.8 Å². The van der Waals surface area contributed by atoms with E-state index in [9.17, 15) is 0 Å². The number of aryl methyl sites for hydroxylation is 2. The topological polar surface area (TPSA) is 0 Å². The van der Waals surface area contributed by atoms with Gasteiger partial charge in [-0.05, 0) is 13.8 Å². The van der Waals surface area contributed by atoms with Crippen molar-refractivity contribution in [3.8, 4) is 0 Å². The molecule has 0 saturated carbocycles. The van der Waals surface area contributed by atoms with Crippen LogP contribution in [0.5, 0.6) is 0 Å². The van der Waals surface area contributed by atoms with Crippen molar-refractivity contribution in [1.82, 2.24) is 0 Å². The van der Waals surface area contributed by atoms with Crippen LogP contribution in [0, 0.1) is 41.5 Å². The molecular weight excluding hydrogens is 398 g/mol. The molecule has 0 nitrogen and oxygen atoms in total. The average molecular weight is 424 g/mol. The minimum absolute atomic E-state index is 0. The Morgan fingerprint density at radius 1 is 0.385 bits per heavy atom. The zero-order valence-electron chi connectivity index (χ0n) is 15.5. The third-order valence-electron chi connectivity index (χ3n) is 3.26. The second kappa shape index (κ2) is 14.4. The number of hydrogen-bond donors (Lipinski definition) is 0. The molecule has 3 rings (SSSR count). The van der Waals surface area contributed by atoms with Crippen LogP contribution in [0.25, 0.3) is 0 Å². The fraction of sp³-hybridized carbons (Fsp3) is 0.0833. The van der Waals surface area contributed by atoms with Crippen LogP contribution in [0.15, 0.2) is 72.8 Å². The minimum atomic E-state index is 0. The molecule has 0 N–H and O–H groups in total. The van der Waals surface area contributed by atoms with E-state index in [1.165, 1.54) is 11.1 Å². The van der Waals surface area contributed by atoms with Crippen LogP contribution in [-0.2, 0) is 34.1 Å². The molecule has 0 saturated heterocycles. The third kappa shape index (κ3) is 12.5. The summed E-state index contributed by atoms with van der Waals surface area (Å²) in [5.74, 6) is 0. The van der Waals surface area contributed by atoms with E-state index in [4.69, 9.17) is 0 Å². The van der Waals surface area contributed by atoms with Gasteiger partial charge >= 0.3 is 34.1 Å².